The standard InChI is InChI=1S/C18H23N3O3/c1-13-17(14(2)24-19-13)12-18(22)21-9-7-20(8-10-21)15-5-4-6-16(11-15)23-3/h4-6,11H,7-10,12H2,1-3H3. The van der Waals surface area contributed by atoms with E-state index in [0.717, 1.165) is 54.6 Å². The molecule has 1 aromatic carbocycles. The van der Waals surface area contributed by atoms with Crippen LogP contribution in [0.5, 0.6) is 5.75 Å². The molecule has 0 unspecified atom stereocenters. The Morgan fingerprint density at radius 3 is 2.62 bits per heavy atom. The molecule has 1 aromatic heterocycles. The Bertz CT molecular complexity index is 699. The van der Waals surface area contributed by atoms with Crippen molar-refractivity contribution < 1.29 is 14.1 Å². The maximum absolute atomic E-state index is 12.5. The molecule has 6 nitrogen and oxygen atoms in total. The van der Waals surface area contributed by atoms with Crippen LogP contribution in [0.2, 0.25) is 0 Å². The molecule has 1 aliphatic rings. The largest absolute Gasteiger partial charge is 0.497 e. The first kappa shape index (κ1) is 16.4. The van der Waals surface area contributed by atoms with Crippen LogP contribution in [0, 0.1) is 13.8 Å². The van der Waals surface area contributed by atoms with Gasteiger partial charge in [-0.1, -0.05) is 11.2 Å². The molecule has 0 N–H and O–H groups in total. The van der Waals surface area contributed by atoms with Crippen LogP contribution in [0.3, 0.4) is 0 Å². The first-order valence-electron chi connectivity index (χ1n) is 8.17. The predicted octanol–water partition coefficient (Wildman–Crippen LogP) is 2.19. The van der Waals surface area contributed by atoms with E-state index in [1.807, 2.05) is 36.9 Å². The normalized spacial score (nSPS) is 14.8. The molecule has 0 aliphatic carbocycles. The molecule has 1 aliphatic heterocycles. The van der Waals surface area contributed by atoms with Crippen molar-refractivity contribution in [3.63, 3.8) is 0 Å². The molecule has 0 radical (unpaired) electrons. The fourth-order valence-corrected chi connectivity index (χ4v) is 3.04. The maximum Gasteiger partial charge on any atom is 0.227 e. The second kappa shape index (κ2) is 6.95. The van der Waals surface area contributed by atoms with Gasteiger partial charge in [-0.05, 0) is 26.0 Å². The number of anilines is 1. The average molecular weight is 329 g/mol. The number of aromatic nitrogens is 1. The number of hydrogen-bond donors (Lipinski definition) is 0. The summed E-state index contributed by atoms with van der Waals surface area (Å²) in [6.45, 7) is 6.81. The summed E-state index contributed by atoms with van der Waals surface area (Å²) in [5.74, 6) is 1.72. The molecule has 1 fully saturated rings. The lowest BCUT2D eigenvalue weighted by molar-refractivity contribution is -0.130. The van der Waals surface area contributed by atoms with Gasteiger partial charge in [-0.15, -0.1) is 0 Å². The summed E-state index contributed by atoms with van der Waals surface area (Å²) in [5, 5.41) is 3.92. The molecule has 2 aromatic rings. The number of hydrogen-bond acceptors (Lipinski definition) is 5. The summed E-state index contributed by atoms with van der Waals surface area (Å²) in [7, 11) is 1.67. The number of aryl methyl sites for hydroxylation is 2. The maximum atomic E-state index is 12.5. The predicted molar refractivity (Wildman–Crippen MR) is 91.5 cm³/mol. The summed E-state index contributed by atoms with van der Waals surface area (Å²) in [6.07, 6.45) is 0.361. The van der Waals surface area contributed by atoms with Gasteiger partial charge in [0, 0.05) is 43.5 Å². The fraction of sp³-hybridized carbons (Fsp3) is 0.444. The molecule has 1 saturated heterocycles. The topological polar surface area (TPSA) is 58.8 Å². The smallest absolute Gasteiger partial charge is 0.227 e. The number of nitrogens with zero attached hydrogens (tertiary/aromatic N) is 3. The van der Waals surface area contributed by atoms with Gasteiger partial charge in [0.2, 0.25) is 5.91 Å². The SMILES string of the molecule is COc1cccc(N2CCN(C(=O)Cc3c(C)noc3C)CC2)c1. The number of carbonyl (C=O) groups is 1. The van der Waals surface area contributed by atoms with Crippen molar-refractivity contribution in [2.75, 3.05) is 38.2 Å². The van der Waals surface area contributed by atoms with Gasteiger partial charge in [0.25, 0.3) is 0 Å². The van der Waals surface area contributed by atoms with Crippen LogP contribution >= 0.6 is 0 Å². The monoisotopic (exact) mass is 329 g/mol. The highest BCUT2D eigenvalue weighted by Crippen LogP contribution is 2.22. The minimum Gasteiger partial charge on any atom is -0.497 e. The molecule has 2 heterocycles. The number of amides is 1. The van der Waals surface area contributed by atoms with Crippen molar-refractivity contribution in [2.45, 2.75) is 20.3 Å². The van der Waals surface area contributed by atoms with E-state index in [1.54, 1.807) is 7.11 Å². The van der Waals surface area contributed by atoms with Gasteiger partial charge in [-0.2, -0.15) is 0 Å². The van der Waals surface area contributed by atoms with Crippen molar-refractivity contribution >= 4 is 11.6 Å². The van der Waals surface area contributed by atoms with Gasteiger partial charge >= 0.3 is 0 Å². The van der Waals surface area contributed by atoms with E-state index >= 15 is 0 Å². The lowest BCUT2D eigenvalue weighted by Crippen LogP contribution is -2.49. The minimum absolute atomic E-state index is 0.134. The van der Waals surface area contributed by atoms with Crippen LogP contribution in [0.15, 0.2) is 28.8 Å². The van der Waals surface area contributed by atoms with Crippen LogP contribution in [0.25, 0.3) is 0 Å². The molecule has 0 atom stereocenters. The molecular weight excluding hydrogens is 306 g/mol. The van der Waals surface area contributed by atoms with Crippen molar-refractivity contribution in [1.29, 1.82) is 0 Å². The molecule has 0 saturated carbocycles. The molecule has 1 amide bonds. The summed E-state index contributed by atoms with van der Waals surface area (Å²) in [4.78, 5) is 16.7. The van der Waals surface area contributed by atoms with E-state index < -0.39 is 0 Å². The molecule has 0 spiro atoms. The number of piperazine rings is 1. The van der Waals surface area contributed by atoms with Crippen LogP contribution in [0.1, 0.15) is 17.0 Å². The lowest BCUT2D eigenvalue weighted by Gasteiger charge is -2.36. The van der Waals surface area contributed by atoms with Crippen LogP contribution in [-0.4, -0.2) is 49.3 Å². The Labute approximate surface area is 142 Å². The Morgan fingerprint density at radius 2 is 2.00 bits per heavy atom. The summed E-state index contributed by atoms with van der Waals surface area (Å²) < 4.78 is 10.4. The zero-order valence-corrected chi connectivity index (χ0v) is 14.4. The van der Waals surface area contributed by atoms with Gasteiger partial charge < -0.3 is 19.1 Å². The van der Waals surface area contributed by atoms with Crippen molar-refractivity contribution in [3.8, 4) is 5.75 Å². The van der Waals surface area contributed by atoms with E-state index in [0.29, 0.717) is 6.42 Å². The number of ether oxygens (including phenoxy) is 1. The Kier molecular flexibility index (Phi) is 4.74. The number of carbonyl (C=O) groups excluding carboxylic acids is 1. The third-order valence-electron chi connectivity index (χ3n) is 4.56. The van der Waals surface area contributed by atoms with Gasteiger partial charge in [0.05, 0.1) is 19.2 Å². The molecule has 0 bridgehead atoms. The van der Waals surface area contributed by atoms with Crippen LogP contribution in [0.4, 0.5) is 5.69 Å². The lowest BCUT2D eigenvalue weighted by atomic mass is 10.1. The van der Waals surface area contributed by atoms with E-state index in [2.05, 4.69) is 16.1 Å². The fourth-order valence-electron chi connectivity index (χ4n) is 3.04. The van der Waals surface area contributed by atoms with E-state index in [9.17, 15) is 4.79 Å². The van der Waals surface area contributed by atoms with E-state index in [4.69, 9.17) is 9.26 Å². The zero-order chi connectivity index (χ0) is 17.1. The third kappa shape index (κ3) is 3.37. The highest BCUT2D eigenvalue weighted by Gasteiger charge is 2.23. The summed E-state index contributed by atoms with van der Waals surface area (Å²) in [5.41, 5.74) is 2.85. The molecule has 24 heavy (non-hydrogen) atoms. The minimum atomic E-state index is 0.134. The van der Waals surface area contributed by atoms with Crippen LogP contribution < -0.4 is 9.64 Å². The van der Waals surface area contributed by atoms with Gasteiger partial charge in [0.1, 0.15) is 11.5 Å². The van der Waals surface area contributed by atoms with Gasteiger partial charge in [-0.25, -0.2) is 0 Å². The number of methoxy groups -OCH3 is 1. The highest BCUT2D eigenvalue weighted by atomic mass is 16.5. The second-order valence-corrected chi connectivity index (χ2v) is 6.05. The summed E-state index contributed by atoms with van der Waals surface area (Å²) >= 11 is 0. The number of benzene rings is 1. The highest BCUT2D eigenvalue weighted by molar-refractivity contribution is 5.79. The van der Waals surface area contributed by atoms with Crippen LogP contribution in [-0.2, 0) is 11.2 Å². The van der Waals surface area contributed by atoms with Crippen molar-refractivity contribution in [3.05, 3.63) is 41.3 Å². The first-order chi connectivity index (χ1) is 11.6. The van der Waals surface area contributed by atoms with Crippen molar-refractivity contribution in [2.24, 2.45) is 0 Å². The Morgan fingerprint density at radius 1 is 1.25 bits per heavy atom. The first-order valence-corrected chi connectivity index (χ1v) is 8.17. The molecule has 6 heteroatoms. The molecule has 3 rings (SSSR count). The summed E-state index contributed by atoms with van der Waals surface area (Å²) in [6, 6.07) is 8.03. The molecular formula is C18H23N3O3. The zero-order valence-electron chi connectivity index (χ0n) is 14.4. The van der Waals surface area contributed by atoms with E-state index in [-0.39, 0.29) is 5.91 Å². The Balaban J connectivity index is 1.59. The van der Waals surface area contributed by atoms with Gasteiger partial charge in [-0.3, -0.25) is 4.79 Å². The Hall–Kier alpha value is -2.50. The quantitative estimate of drug-likeness (QED) is 0.860. The van der Waals surface area contributed by atoms with E-state index in [1.165, 1.54) is 0 Å². The average Bonchev–Trinajstić information content (AvgIpc) is 2.94. The molecule has 128 valence electrons. The van der Waals surface area contributed by atoms with Crippen molar-refractivity contribution in [1.82, 2.24) is 10.1 Å². The third-order valence-corrected chi connectivity index (χ3v) is 4.56. The van der Waals surface area contributed by atoms with Gasteiger partial charge in [0.15, 0.2) is 0 Å². The second-order valence-electron chi connectivity index (χ2n) is 6.05. The number of rotatable bonds is 4.